The fraction of sp³-hybridized carbons (Fsp3) is 0.533. The van der Waals surface area contributed by atoms with E-state index in [1.165, 1.54) is 24.3 Å². The molecule has 0 heterocycles. The summed E-state index contributed by atoms with van der Waals surface area (Å²) in [6, 6.07) is 5.88. The molecule has 0 saturated carbocycles. The first kappa shape index (κ1) is 17.8. The van der Waals surface area contributed by atoms with Crippen LogP contribution in [0.1, 0.15) is 50.4 Å². The molecule has 0 unspecified atom stereocenters. The first-order valence-electron chi connectivity index (χ1n) is 7.00. The van der Waals surface area contributed by atoms with E-state index in [1.54, 1.807) is 13.8 Å². The number of carbonyl (C=O) groups is 1. The van der Waals surface area contributed by atoms with Gasteiger partial charge in [-0.2, -0.15) is 0 Å². The molecule has 0 amide bonds. The summed E-state index contributed by atoms with van der Waals surface area (Å²) in [5.41, 5.74) is -0.419. The number of sulfonamides is 1. The molecule has 2 N–H and O–H groups in total. The number of aliphatic hydroxyl groups excluding tert-OH is 1. The third-order valence-electron chi connectivity index (χ3n) is 3.05. The third kappa shape index (κ3) is 5.22. The lowest BCUT2D eigenvalue weighted by Crippen LogP contribution is -2.46. The molecule has 6 heteroatoms. The lowest BCUT2D eigenvalue weighted by Gasteiger charge is -2.23. The fourth-order valence-corrected chi connectivity index (χ4v) is 3.16. The van der Waals surface area contributed by atoms with Crippen LogP contribution in [0.4, 0.5) is 0 Å². The summed E-state index contributed by atoms with van der Waals surface area (Å²) in [5.74, 6) is 0.0180. The number of Topliss-reactive ketones (excluding diaryl/α,β-unsaturated/α-hetero) is 1. The van der Waals surface area contributed by atoms with Crippen LogP contribution in [-0.4, -0.2) is 31.5 Å². The van der Waals surface area contributed by atoms with E-state index in [2.05, 4.69) is 4.72 Å². The van der Waals surface area contributed by atoms with Gasteiger partial charge in [0.2, 0.25) is 10.0 Å². The predicted molar refractivity (Wildman–Crippen MR) is 81.8 cm³/mol. The average Bonchev–Trinajstić information content (AvgIpc) is 2.44. The molecule has 5 nitrogen and oxygen atoms in total. The van der Waals surface area contributed by atoms with Gasteiger partial charge in [0, 0.05) is 12.0 Å². The molecule has 118 valence electrons. The molecular weight excluding hydrogens is 290 g/mol. The number of rotatable bonds is 8. The standard InChI is InChI=1S/C15H23NO4S/c1-4-5-6-14(18)12-7-9-13(10-8-12)21(19,20)16-15(2,3)11-17/h7-10,16-17H,4-6,11H2,1-3H3. The average molecular weight is 313 g/mol. The number of unbranched alkanes of at least 4 members (excludes halogenated alkanes) is 1. The summed E-state index contributed by atoms with van der Waals surface area (Å²) in [5, 5.41) is 9.13. The lowest BCUT2D eigenvalue weighted by atomic mass is 10.1. The molecule has 0 aliphatic carbocycles. The summed E-state index contributed by atoms with van der Waals surface area (Å²) in [6.45, 7) is 4.89. The Morgan fingerprint density at radius 2 is 1.81 bits per heavy atom. The summed E-state index contributed by atoms with van der Waals surface area (Å²) < 4.78 is 26.7. The molecule has 0 spiro atoms. The minimum Gasteiger partial charge on any atom is -0.394 e. The summed E-state index contributed by atoms with van der Waals surface area (Å²) in [4.78, 5) is 11.9. The van der Waals surface area contributed by atoms with Gasteiger partial charge in [0.05, 0.1) is 17.0 Å². The maximum Gasteiger partial charge on any atom is 0.241 e. The normalized spacial score (nSPS) is 12.4. The van der Waals surface area contributed by atoms with Gasteiger partial charge in [-0.3, -0.25) is 4.79 Å². The number of hydrogen-bond donors (Lipinski definition) is 2. The Hall–Kier alpha value is -1.24. The molecule has 0 saturated heterocycles. The Morgan fingerprint density at radius 3 is 2.29 bits per heavy atom. The predicted octanol–water partition coefficient (Wildman–Crippen LogP) is 2.11. The molecule has 1 aromatic carbocycles. The van der Waals surface area contributed by atoms with E-state index in [4.69, 9.17) is 5.11 Å². The Morgan fingerprint density at radius 1 is 1.24 bits per heavy atom. The van der Waals surface area contributed by atoms with Crippen molar-refractivity contribution in [1.82, 2.24) is 4.72 Å². The van der Waals surface area contributed by atoms with Crippen LogP contribution in [0.25, 0.3) is 0 Å². The van der Waals surface area contributed by atoms with Crippen molar-refractivity contribution in [3.05, 3.63) is 29.8 Å². The van der Waals surface area contributed by atoms with Crippen molar-refractivity contribution in [1.29, 1.82) is 0 Å². The Balaban J connectivity index is 2.89. The minimum absolute atomic E-state index is 0.0180. The number of aliphatic hydroxyl groups is 1. The van der Waals surface area contributed by atoms with E-state index < -0.39 is 15.6 Å². The van der Waals surface area contributed by atoms with Crippen LogP contribution in [0.3, 0.4) is 0 Å². The van der Waals surface area contributed by atoms with Crippen LogP contribution < -0.4 is 4.72 Å². The largest absolute Gasteiger partial charge is 0.394 e. The molecule has 0 bridgehead atoms. The Kier molecular flexibility index (Phi) is 6.07. The zero-order valence-corrected chi connectivity index (χ0v) is 13.5. The number of carbonyl (C=O) groups excluding carboxylic acids is 1. The van der Waals surface area contributed by atoms with Gasteiger partial charge in [0.25, 0.3) is 0 Å². The second-order valence-electron chi connectivity index (χ2n) is 5.70. The third-order valence-corrected chi connectivity index (χ3v) is 4.76. The Bertz CT molecular complexity index is 576. The first-order valence-corrected chi connectivity index (χ1v) is 8.48. The quantitative estimate of drug-likeness (QED) is 0.720. The highest BCUT2D eigenvalue weighted by Crippen LogP contribution is 2.15. The molecular formula is C15H23NO4S. The monoisotopic (exact) mass is 313 g/mol. The molecule has 0 aliphatic heterocycles. The van der Waals surface area contributed by atoms with Crippen LogP contribution >= 0.6 is 0 Å². The SMILES string of the molecule is CCCCC(=O)c1ccc(S(=O)(=O)NC(C)(C)CO)cc1. The van der Waals surface area contributed by atoms with Crippen LogP contribution in [-0.2, 0) is 10.0 Å². The number of hydrogen-bond acceptors (Lipinski definition) is 4. The van der Waals surface area contributed by atoms with Gasteiger partial charge < -0.3 is 5.11 Å². The van der Waals surface area contributed by atoms with Crippen molar-refractivity contribution < 1.29 is 18.3 Å². The molecule has 21 heavy (non-hydrogen) atoms. The van der Waals surface area contributed by atoms with E-state index in [0.717, 1.165) is 12.8 Å². The highest BCUT2D eigenvalue weighted by Gasteiger charge is 2.25. The second-order valence-corrected chi connectivity index (χ2v) is 7.38. The summed E-state index contributed by atoms with van der Waals surface area (Å²) in [7, 11) is -3.71. The number of ketones is 1. The van der Waals surface area contributed by atoms with Gasteiger partial charge >= 0.3 is 0 Å². The van der Waals surface area contributed by atoms with Crippen LogP contribution in [0.5, 0.6) is 0 Å². The minimum atomic E-state index is -3.71. The van der Waals surface area contributed by atoms with Crippen LogP contribution in [0, 0.1) is 0 Å². The maximum atomic E-state index is 12.2. The van der Waals surface area contributed by atoms with E-state index in [-0.39, 0.29) is 17.3 Å². The second kappa shape index (κ2) is 7.15. The summed E-state index contributed by atoms with van der Waals surface area (Å²) >= 11 is 0. The van der Waals surface area contributed by atoms with Crippen molar-refractivity contribution in [3.63, 3.8) is 0 Å². The van der Waals surface area contributed by atoms with Crippen molar-refractivity contribution in [2.75, 3.05) is 6.61 Å². The van der Waals surface area contributed by atoms with Crippen molar-refractivity contribution >= 4 is 15.8 Å². The molecule has 0 aliphatic rings. The molecule has 0 aromatic heterocycles. The van der Waals surface area contributed by atoms with E-state index in [1.807, 2.05) is 6.92 Å². The lowest BCUT2D eigenvalue weighted by molar-refractivity contribution is 0.0979. The zero-order valence-electron chi connectivity index (χ0n) is 12.7. The van der Waals surface area contributed by atoms with Crippen molar-refractivity contribution in [2.45, 2.75) is 50.5 Å². The van der Waals surface area contributed by atoms with Gasteiger partial charge in [0.15, 0.2) is 5.78 Å². The summed E-state index contributed by atoms with van der Waals surface area (Å²) in [6.07, 6.45) is 2.24. The van der Waals surface area contributed by atoms with Crippen LogP contribution in [0.2, 0.25) is 0 Å². The highest BCUT2D eigenvalue weighted by molar-refractivity contribution is 7.89. The number of nitrogens with one attached hydrogen (secondary N) is 1. The van der Waals surface area contributed by atoms with Crippen LogP contribution in [0.15, 0.2) is 29.2 Å². The smallest absolute Gasteiger partial charge is 0.241 e. The first-order chi connectivity index (χ1) is 9.72. The van der Waals surface area contributed by atoms with E-state index in [0.29, 0.717) is 12.0 Å². The van der Waals surface area contributed by atoms with Gasteiger partial charge in [-0.15, -0.1) is 0 Å². The van der Waals surface area contributed by atoms with Gasteiger partial charge in [-0.25, -0.2) is 13.1 Å². The Labute approximate surface area is 126 Å². The topological polar surface area (TPSA) is 83.5 Å². The van der Waals surface area contributed by atoms with Gasteiger partial charge in [-0.1, -0.05) is 25.5 Å². The molecule has 0 fully saturated rings. The highest BCUT2D eigenvalue weighted by atomic mass is 32.2. The molecule has 1 rings (SSSR count). The van der Waals surface area contributed by atoms with Gasteiger partial charge in [-0.05, 0) is 32.4 Å². The molecule has 0 atom stereocenters. The fourth-order valence-electron chi connectivity index (χ4n) is 1.76. The maximum absolute atomic E-state index is 12.2. The van der Waals surface area contributed by atoms with Crippen molar-refractivity contribution in [2.24, 2.45) is 0 Å². The molecule has 1 aromatic rings. The van der Waals surface area contributed by atoms with E-state index in [9.17, 15) is 13.2 Å². The zero-order chi connectivity index (χ0) is 16.1. The molecule has 0 radical (unpaired) electrons. The van der Waals surface area contributed by atoms with Gasteiger partial charge in [0.1, 0.15) is 0 Å². The van der Waals surface area contributed by atoms with Crippen molar-refractivity contribution in [3.8, 4) is 0 Å². The van der Waals surface area contributed by atoms with E-state index >= 15 is 0 Å². The number of benzene rings is 1.